The SMILES string of the molecule is CCn1c(NC(=O)CCn2cnc3c(cnn3C)c2=O)nc2ccccc21. The Labute approximate surface area is 154 Å². The molecule has 3 aromatic heterocycles. The highest BCUT2D eigenvalue weighted by atomic mass is 16.2. The third-order valence-electron chi connectivity index (χ3n) is 4.52. The first-order valence-electron chi connectivity index (χ1n) is 8.70. The van der Waals surface area contributed by atoms with Crippen LogP contribution in [0, 0.1) is 0 Å². The fourth-order valence-electron chi connectivity index (χ4n) is 3.13. The first kappa shape index (κ1) is 17.0. The number of anilines is 1. The summed E-state index contributed by atoms with van der Waals surface area (Å²) in [6.07, 6.45) is 3.08. The maximum atomic E-state index is 12.5. The lowest BCUT2D eigenvalue weighted by Gasteiger charge is -2.08. The fraction of sp³-hybridized carbons (Fsp3) is 0.278. The van der Waals surface area contributed by atoms with Gasteiger partial charge in [0, 0.05) is 26.6 Å². The summed E-state index contributed by atoms with van der Waals surface area (Å²) in [5, 5.41) is 7.32. The monoisotopic (exact) mass is 365 g/mol. The van der Waals surface area contributed by atoms with Crippen LogP contribution in [0.5, 0.6) is 0 Å². The zero-order valence-electron chi connectivity index (χ0n) is 15.1. The Kier molecular flexibility index (Phi) is 4.19. The third kappa shape index (κ3) is 2.97. The highest BCUT2D eigenvalue weighted by Gasteiger charge is 2.13. The molecule has 0 saturated heterocycles. The van der Waals surface area contributed by atoms with Gasteiger partial charge in [-0.2, -0.15) is 5.10 Å². The standard InChI is InChI=1S/C18H19N7O2/c1-3-25-14-7-5-4-6-13(14)21-18(25)22-15(26)8-9-24-11-19-16-12(17(24)27)10-20-23(16)2/h4-7,10-11H,3,8-9H2,1-2H3,(H,21,22,26). The maximum Gasteiger partial charge on any atom is 0.264 e. The molecule has 0 spiro atoms. The minimum absolute atomic E-state index is 0.139. The van der Waals surface area contributed by atoms with Gasteiger partial charge in [-0.25, -0.2) is 9.97 Å². The van der Waals surface area contributed by atoms with Gasteiger partial charge in [-0.1, -0.05) is 12.1 Å². The van der Waals surface area contributed by atoms with Gasteiger partial charge in [0.2, 0.25) is 11.9 Å². The molecule has 1 amide bonds. The van der Waals surface area contributed by atoms with Gasteiger partial charge in [0.05, 0.1) is 23.6 Å². The summed E-state index contributed by atoms with van der Waals surface area (Å²) < 4.78 is 4.91. The summed E-state index contributed by atoms with van der Waals surface area (Å²) in [5.41, 5.74) is 2.12. The van der Waals surface area contributed by atoms with Crippen LogP contribution in [0.15, 0.2) is 41.6 Å². The lowest BCUT2D eigenvalue weighted by molar-refractivity contribution is -0.116. The zero-order valence-corrected chi connectivity index (χ0v) is 15.1. The molecule has 0 fully saturated rings. The number of para-hydroxylation sites is 2. The van der Waals surface area contributed by atoms with Gasteiger partial charge < -0.3 is 4.57 Å². The van der Waals surface area contributed by atoms with E-state index in [2.05, 4.69) is 20.4 Å². The number of amides is 1. The van der Waals surface area contributed by atoms with E-state index < -0.39 is 0 Å². The molecule has 3 heterocycles. The Bertz CT molecular complexity index is 1200. The molecule has 4 rings (SSSR count). The smallest absolute Gasteiger partial charge is 0.264 e. The predicted octanol–water partition coefficient (Wildman–Crippen LogP) is 1.53. The van der Waals surface area contributed by atoms with Crippen LogP contribution in [0.1, 0.15) is 13.3 Å². The van der Waals surface area contributed by atoms with E-state index in [-0.39, 0.29) is 24.4 Å². The Morgan fingerprint density at radius 2 is 2.07 bits per heavy atom. The third-order valence-corrected chi connectivity index (χ3v) is 4.52. The summed E-state index contributed by atoms with van der Waals surface area (Å²) in [4.78, 5) is 33.6. The van der Waals surface area contributed by atoms with Crippen LogP contribution in [0.2, 0.25) is 0 Å². The highest BCUT2D eigenvalue weighted by Crippen LogP contribution is 2.19. The number of nitrogens with zero attached hydrogens (tertiary/aromatic N) is 6. The fourth-order valence-corrected chi connectivity index (χ4v) is 3.13. The van der Waals surface area contributed by atoms with Crippen LogP contribution < -0.4 is 10.9 Å². The van der Waals surface area contributed by atoms with Crippen molar-refractivity contribution < 1.29 is 4.79 Å². The van der Waals surface area contributed by atoms with Gasteiger partial charge >= 0.3 is 0 Å². The molecule has 4 aromatic rings. The van der Waals surface area contributed by atoms with Crippen molar-refractivity contribution >= 4 is 33.9 Å². The molecule has 0 saturated carbocycles. The van der Waals surface area contributed by atoms with Crippen molar-refractivity contribution in [3.8, 4) is 0 Å². The number of aromatic nitrogens is 6. The number of rotatable bonds is 5. The van der Waals surface area contributed by atoms with Crippen LogP contribution in [-0.4, -0.2) is 34.8 Å². The molecular formula is C18H19N7O2. The minimum atomic E-state index is -0.210. The molecule has 0 atom stereocenters. The lowest BCUT2D eigenvalue weighted by atomic mass is 10.3. The molecule has 9 heteroatoms. The molecule has 0 bridgehead atoms. The summed E-state index contributed by atoms with van der Waals surface area (Å²) in [7, 11) is 1.73. The maximum absolute atomic E-state index is 12.5. The molecule has 27 heavy (non-hydrogen) atoms. The molecule has 0 aliphatic rings. The van der Waals surface area contributed by atoms with Gasteiger partial charge in [0.15, 0.2) is 5.65 Å². The van der Waals surface area contributed by atoms with Crippen molar-refractivity contribution in [3.05, 3.63) is 47.1 Å². The van der Waals surface area contributed by atoms with E-state index in [0.717, 1.165) is 11.0 Å². The molecule has 0 radical (unpaired) electrons. The Morgan fingerprint density at radius 3 is 2.89 bits per heavy atom. The molecule has 9 nitrogen and oxygen atoms in total. The van der Waals surface area contributed by atoms with E-state index in [9.17, 15) is 9.59 Å². The highest BCUT2D eigenvalue weighted by molar-refractivity contribution is 5.91. The minimum Gasteiger partial charge on any atom is -0.310 e. The number of hydrogen-bond acceptors (Lipinski definition) is 5. The summed E-state index contributed by atoms with van der Waals surface area (Å²) >= 11 is 0. The van der Waals surface area contributed by atoms with Crippen LogP contribution in [0.4, 0.5) is 5.95 Å². The average Bonchev–Trinajstić information content (AvgIpc) is 3.21. The van der Waals surface area contributed by atoms with Gasteiger partial charge in [0.1, 0.15) is 5.39 Å². The molecule has 0 aliphatic carbocycles. The second-order valence-electron chi connectivity index (χ2n) is 6.22. The number of aryl methyl sites for hydroxylation is 3. The van der Waals surface area contributed by atoms with Gasteiger partial charge in [-0.05, 0) is 19.1 Å². The number of nitrogens with one attached hydrogen (secondary N) is 1. The quantitative estimate of drug-likeness (QED) is 0.578. The van der Waals surface area contributed by atoms with Crippen molar-refractivity contribution in [1.29, 1.82) is 0 Å². The normalized spacial score (nSPS) is 11.3. The van der Waals surface area contributed by atoms with Crippen molar-refractivity contribution in [1.82, 2.24) is 28.9 Å². The number of hydrogen-bond donors (Lipinski definition) is 1. The largest absolute Gasteiger partial charge is 0.310 e. The number of carbonyl (C=O) groups excluding carboxylic acids is 1. The molecular weight excluding hydrogens is 346 g/mol. The molecule has 1 aromatic carbocycles. The number of fused-ring (bicyclic) bond motifs is 2. The summed E-state index contributed by atoms with van der Waals surface area (Å²) in [6, 6.07) is 7.73. The Hall–Kier alpha value is -3.49. The predicted molar refractivity (Wildman–Crippen MR) is 101 cm³/mol. The van der Waals surface area contributed by atoms with Crippen LogP contribution in [-0.2, 0) is 24.9 Å². The molecule has 138 valence electrons. The van der Waals surface area contributed by atoms with E-state index in [4.69, 9.17) is 0 Å². The van der Waals surface area contributed by atoms with Crippen molar-refractivity contribution in [3.63, 3.8) is 0 Å². The summed E-state index contributed by atoms with van der Waals surface area (Å²) in [6.45, 7) is 2.92. The van der Waals surface area contributed by atoms with Crippen molar-refractivity contribution in [2.75, 3.05) is 5.32 Å². The number of carbonyl (C=O) groups is 1. The first-order chi connectivity index (χ1) is 13.1. The molecule has 0 aliphatic heterocycles. The Morgan fingerprint density at radius 1 is 1.26 bits per heavy atom. The van der Waals surface area contributed by atoms with Crippen LogP contribution in [0.3, 0.4) is 0 Å². The van der Waals surface area contributed by atoms with E-state index in [1.54, 1.807) is 11.7 Å². The van der Waals surface area contributed by atoms with E-state index in [1.165, 1.54) is 17.1 Å². The average molecular weight is 365 g/mol. The van der Waals surface area contributed by atoms with Crippen molar-refractivity contribution in [2.45, 2.75) is 26.4 Å². The summed E-state index contributed by atoms with van der Waals surface area (Å²) in [5.74, 6) is 0.301. The number of imidazole rings is 1. The first-order valence-corrected chi connectivity index (χ1v) is 8.70. The second kappa shape index (κ2) is 6.67. The van der Waals surface area contributed by atoms with E-state index in [1.807, 2.05) is 35.8 Å². The van der Waals surface area contributed by atoms with E-state index in [0.29, 0.717) is 23.5 Å². The van der Waals surface area contributed by atoms with Gasteiger partial charge in [0.25, 0.3) is 5.56 Å². The molecule has 1 N–H and O–H groups in total. The Balaban J connectivity index is 1.51. The van der Waals surface area contributed by atoms with Gasteiger partial charge in [-0.15, -0.1) is 0 Å². The van der Waals surface area contributed by atoms with E-state index >= 15 is 0 Å². The lowest BCUT2D eigenvalue weighted by Crippen LogP contribution is -2.24. The zero-order chi connectivity index (χ0) is 19.0. The van der Waals surface area contributed by atoms with Crippen LogP contribution >= 0.6 is 0 Å². The number of benzene rings is 1. The second-order valence-corrected chi connectivity index (χ2v) is 6.22. The van der Waals surface area contributed by atoms with Crippen LogP contribution in [0.25, 0.3) is 22.1 Å². The van der Waals surface area contributed by atoms with Gasteiger partial charge in [-0.3, -0.25) is 24.2 Å². The molecule has 0 unspecified atom stereocenters. The van der Waals surface area contributed by atoms with Crippen molar-refractivity contribution in [2.24, 2.45) is 7.05 Å². The topological polar surface area (TPSA) is 99.6 Å².